The minimum atomic E-state index is -1.10. The lowest BCUT2D eigenvalue weighted by molar-refractivity contribution is -0.148. The summed E-state index contributed by atoms with van der Waals surface area (Å²) in [5, 5.41) is 11.9. The minimum absolute atomic E-state index is 0.0164. The standard InChI is InChI=1S/C12H19NO4/c1-3-17-9-6-8(9)10(14)13-12(2,11(15)16)7-4-5-7/h7-9H,3-6H2,1-2H3,(H,13,14)(H,15,16)/t8-,9-,12+/m1/s1. The zero-order chi connectivity index (χ0) is 12.6. The highest BCUT2D eigenvalue weighted by Gasteiger charge is 2.52. The van der Waals surface area contributed by atoms with Crippen molar-refractivity contribution < 1.29 is 19.4 Å². The van der Waals surface area contributed by atoms with Crippen LogP contribution in [-0.2, 0) is 14.3 Å². The van der Waals surface area contributed by atoms with Crippen molar-refractivity contribution in [2.45, 2.75) is 44.8 Å². The van der Waals surface area contributed by atoms with E-state index in [1.165, 1.54) is 0 Å². The first-order valence-electron chi connectivity index (χ1n) is 6.16. The lowest BCUT2D eigenvalue weighted by Crippen LogP contribution is -2.54. The van der Waals surface area contributed by atoms with Gasteiger partial charge in [-0.25, -0.2) is 4.79 Å². The Hall–Kier alpha value is -1.10. The molecular weight excluding hydrogens is 222 g/mol. The topological polar surface area (TPSA) is 75.6 Å². The third-order valence-electron chi connectivity index (χ3n) is 3.67. The first-order valence-corrected chi connectivity index (χ1v) is 6.16. The number of hydrogen-bond donors (Lipinski definition) is 2. The van der Waals surface area contributed by atoms with Crippen LogP contribution in [0.5, 0.6) is 0 Å². The summed E-state index contributed by atoms with van der Waals surface area (Å²) < 4.78 is 5.33. The van der Waals surface area contributed by atoms with Crippen LogP contribution < -0.4 is 5.32 Å². The lowest BCUT2D eigenvalue weighted by atomic mass is 9.95. The van der Waals surface area contributed by atoms with Gasteiger partial charge in [-0.2, -0.15) is 0 Å². The van der Waals surface area contributed by atoms with Gasteiger partial charge in [0.2, 0.25) is 5.91 Å². The molecule has 0 aliphatic heterocycles. The maximum absolute atomic E-state index is 11.9. The van der Waals surface area contributed by atoms with Crippen molar-refractivity contribution in [1.82, 2.24) is 5.32 Å². The highest BCUT2D eigenvalue weighted by Crippen LogP contribution is 2.41. The van der Waals surface area contributed by atoms with Crippen LogP contribution in [0.3, 0.4) is 0 Å². The van der Waals surface area contributed by atoms with E-state index in [9.17, 15) is 14.7 Å². The van der Waals surface area contributed by atoms with Crippen LogP contribution >= 0.6 is 0 Å². The highest BCUT2D eigenvalue weighted by atomic mass is 16.5. The zero-order valence-electron chi connectivity index (χ0n) is 10.2. The molecule has 0 radical (unpaired) electrons. The Morgan fingerprint density at radius 2 is 2.12 bits per heavy atom. The van der Waals surface area contributed by atoms with E-state index in [-0.39, 0.29) is 23.8 Å². The van der Waals surface area contributed by atoms with Gasteiger partial charge < -0.3 is 15.2 Å². The van der Waals surface area contributed by atoms with Crippen molar-refractivity contribution in [1.29, 1.82) is 0 Å². The number of hydrogen-bond acceptors (Lipinski definition) is 3. The third-order valence-corrected chi connectivity index (χ3v) is 3.67. The highest BCUT2D eigenvalue weighted by molar-refractivity contribution is 5.89. The summed E-state index contributed by atoms with van der Waals surface area (Å²) >= 11 is 0. The molecule has 17 heavy (non-hydrogen) atoms. The summed E-state index contributed by atoms with van der Waals surface area (Å²) in [5.41, 5.74) is -1.10. The summed E-state index contributed by atoms with van der Waals surface area (Å²) in [6.07, 6.45) is 2.45. The van der Waals surface area contributed by atoms with Crippen LogP contribution in [0.15, 0.2) is 0 Å². The molecule has 0 spiro atoms. The van der Waals surface area contributed by atoms with Gasteiger partial charge >= 0.3 is 5.97 Å². The molecule has 3 atom stereocenters. The molecular formula is C12H19NO4. The van der Waals surface area contributed by atoms with Gasteiger partial charge in [-0.3, -0.25) is 4.79 Å². The number of nitrogens with one attached hydrogen (secondary N) is 1. The molecule has 2 N–H and O–H groups in total. The van der Waals surface area contributed by atoms with Gasteiger partial charge in [-0.1, -0.05) is 0 Å². The molecule has 5 nitrogen and oxygen atoms in total. The lowest BCUT2D eigenvalue weighted by Gasteiger charge is -2.26. The quantitative estimate of drug-likeness (QED) is 0.720. The first kappa shape index (κ1) is 12.4. The fourth-order valence-corrected chi connectivity index (χ4v) is 2.19. The van der Waals surface area contributed by atoms with E-state index in [4.69, 9.17) is 4.74 Å². The molecule has 1 amide bonds. The van der Waals surface area contributed by atoms with E-state index in [0.29, 0.717) is 13.0 Å². The van der Waals surface area contributed by atoms with Gasteiger partial charge in [-0.05, 0) is 39.0 Å². The molecule has 2 aliphatic rings. The average Bonchev–Trinajstić information content (AvgIpc) is 3.12. The molecule has 0 aromatic heterocycles. The summed E-state index contributed by atoms with van der Waals surface area (Å²) in [6.45, 7) is 4.08. The third kappa shape index (κ3) is 2.44. The normalized spacial score (nSPS) is 30.5. The van der Waals surface area contributed by atoms with Crippen LogP contribution in [0, 0.1) is 11.8 Å². The van der Waals surface area contributed by atoms with Crippen molar-refractivity contribution in [3.8, 4) is 0 Å². The maximum atomic E-state index is 11.9. The molecule has 0 heterocycles. The van der Waals surface area contributed by atoms with E-state index >= 15 is 0 Å². The molecule has 0 unspecified atom stereocenters. The van der Waals surface area contributed by atoms with Gasteiger partial charge in [0.15, 0.2) is 0 Å². The number of amides is 1. The van der Waals surface area contributed by atoms with Gasteiger partial charge in [0.25, 0.3) is 0 Å². The summed E-state index contributed by atoms with van der Waals surface area (Å²) in [4.78, 5) is 23.1. The van der Waals surface area contributed by atoms with E-state index in [1.807, 2.05) is 6.92 Å². The smallest absolute Gasteiger partial charge is 0.329 e. The average molecular weight is 241 g/mol. The van der Waals surface area contributed by atoms with Gasteiger partial charge in [0.05, 0.1) is 12.0 Å². The van der Waals surface area contributed by atoms with E-state index < -0.39 is 11.5 Å². The second kappa shape index (κ2) is 4.29. The number of rotatable bonds is 6. The SMILES string of the molecule is CCO[C@@H]1C[C@H]1C(=O)N[C@](C)(C(=O)O)C1CC1. The van der Waals surface area contributed by atoms with Crippen molar-refractivity contribution in [2.75, 3.05) is 6.61 Å². The molecule has 5 heteroatoms. The number of carbonyl (C=O) groups excluding carboxylic acids is 1. The summed E-state index contributed by atoms with van der Waals surface area (Å²) in [6, 6.07) is 0. The van der Waals surface area contributed by atoms with E-state index in [1.54, 1.807) is 6.92 Å². The Balaban J connectivity index is 1.91. The Labute approximate surface area is 101 Å². The van der Waals surface area contributed by atoms with Crippen molar-refractivity contribution in [3.63, 3.8) is 0 Å². The second-order valence-corrected chi connectivity index (χ2v) is 5.11. The maximum Gasteiger partial charge on any atom is 0.329 e. The van der Waals surface area contributed by atoms with Crippen molar-refractivity contribution in [2.24, 2.45) is 11.8 Å². The predicted octanol–water partition coefficient (Wildman–Crippen LogP) is 0.781. The number of ether oxygens (including phenoxy) is 1. The van der Waals surface area contributed by atoms with E-state index in [0.717, 1.165) is 12.8 Å². The largest absolute Gasteiger partial charge is 0.480 e. The Morgan fingerprint density at radius 1 is 1.47 bits per heavy atom. The van der Waals surface area contributed by atoms with Crippen LogP contribution in [0.2, 0.25) is 0 Å². The Bertz CT molecular complexity index is 339. The Kier molecular flexibility index (Phi) is 3.12. The fraction of sp³-hybridized carbons (Fsp3) is 0.833. The molecule has 2 aliphatic carbocycles. The molecule has 96 valence electrons. The molecule has 0 saturated heterocycles. The van der Waals surface area contributed by atoms with Crippen LogP contribution in [0.25, 0.3) is 0 Å². The molecule has 0 bridgehead atoms. The number of carbonyl (C=O) groups is 2. The number of carboxylic acids is 1. The van der Waals surface area contributed by atoms with E-state index in [2.05, 4.69) is 5.32 Å². The molecule has 0 aromatic rings. The van der Waals surface area contributed by atoms with Gasteiger partial charge in [0.1, 0.15) is 5.54 Å². The summed E-state index contributed by atoms with van der Waals surface area (Å²) in [7, 11) is 0. The molecule has 2 saturated carbocycles. The van der Waals surface area contributed by atoms with Crippen LogP contribution in [-0.4, -0.2) is 35.2 Å². The Morgan fingerprint density at radius 3 is 2.59 bits per heavy atom. The molecule has 2 fully saturated rings. The number of carboxylic acid groups (broad SMARTS) is 1. The molecule has 2 rings (SSSR count). The van der Waals surface area contributed by atoms with Crippen LogP contribution in [0.1, 0.15) is 33.1 Å². The zero-order valence-corrected chi connectivity index (χ0v) is 10.2. The van der Waals surface area contributed by atoms with Gasteiger partial charge in [0, 0.05) is 6.61 Å². The van der Waals surface area contributed by atoms with Crippen LogP contribution in [0.4, 0.5) is 0 Å². The molecule has 0 aromatic carbocycles. The fourth-order valence-electron chi connectivity index (χ4n) is 2.19. The van der Waals surface area contributed by atoms with Gasteiger partial charge in [-0.15, -0.1) is 0 Å². The van der Waals surface area contributed by atoms with Crippen molar-refractivity contribution in [3.05, 3.63) is 0 Å². The monoisotopic (exact) mass is 241 g/mol. The summed E-state index contributed by atoms with van der Waals surface area (Å²) in [5.74, 6) is -1.21. The minimum Gasteiger partial charge on any atom is -0.480 e. The first-order chi connectivity index (χ1) is 7.99. The number of aliphatic carboxylic acids is 1. The van der Waals surface area contributed by atoms with Crippen molar-refractivity contribution >= 4 is 11.9 Å². The predicted molar refractivity (Wildman–Crippen MR) is 60.4 cm³/mol. The second-order valence-electron chi connectivity index (χ2n) is 5.11.